The number of hydrogen-bond donors (Lipinski definition) is 0. The van der Waals surface area contributed by atoms with Crippen molar-refractivity contribution >= 4 is 17.7 Å². The number of benzene rings is 1. The number of Topliss-reactive ketones (excluding diaryl/α,β-unsaturated/α-hetero) is 1. The standard InChI is InChI=1S/C27H31NO6/c1-7-10-27(32-6)19(15(2)29)14-25(5)21-13-18-8-9-20(33-17(4)31)23-22(18)26(25,24(27)34-23)11-12-28(21)16(3)30/h1,8-9,19,21,24H,10-14H2,2-6H3/t19-,21+,24-,25-,26+,27+/m0/s1. The number of rotatable bonds is 4. The summed E-state index contributed by atoms with van der Waals surface area (Å²) in [6.07, 6.45) is 7.33. The predicted molar refractivity (Wildman–Crippen MR) is 123 cm³/mol. The van der Waals surface area contributed by atoms with Crippen molar-refractivity contribution < 1.29 is 28.6 Å². The second-order valence-corrected chi connectivity index (χ2v) is 10.5. The van der Waals surface area contributed by atoms with E-state index in [2.05, 4.69) is 12.8 Å². The zero-order valence-corrected chi connectivity index (χ0v) is 20.4. The number of ether oxygens (including phenoxy) is 3. The van der Waals surface area contributed by atoms with E-state index in [0.717, 1.165) is 11.1 Å². The van der Waals surface area contributed by atoms with Crippen LogP contribution in [0.4, 0.5) is 0 Å². The van der Waals surface area contributed by atoms with Gasteiger partial charge in [0, 0.05) is 56.4 Å². The molecular weight excluding hydrogens is 434 g/mol. The Morgan fingerprint density at radius 1 is 1.26 bits per heavy atom. The van der Waals surface area contributed by atoms with Gasteiger partial charge in [-0.3, -0.25) is 14.4 Å². The Labute approximate surface area is 200 Å². The van der Waals surface area contributed by atoms with Gasteiger partial charge >= 0.3 is 5.97 Å². The van der Waals surface area contributed by atoms with Gasteiger partial charge in [-0.2, -0.15) is 0 Å². The third-order valence-corrected chi connectivity index (χ3v) is 9.20. The first kappa shape index (κ1) is 22.9. The molecule has 0 aromatic heterocycles. The maximum atomic E-state index is 13.1. The molecule has 2 bridgehead atoms. The van der Waals surface area contributed by atoms with E-state index in [4.69, 9.17) is 20.6 Å². The van der Waals surface area contributed by atoms with E-state index in [9.17, 15) is 14.4 Å². The third-order valence-electron chi connectivity index (χ3n) is 9.20. The summed E-state index contributed by atoms with van der Waals surface area (Å²) in [6, 6.07) is 3.65. The highest BCUT2D eigenvalue weighted by Crippen LogP contribution is 2.72. The minimum atomic E-state index is -1.04. The van der Waals surface area contributed by atoms with Crippen molar-refractivity contribution in [3.63, 3.8) is 0 Å². The highest BCUT2D eigenvalue weighted by Gasteiger charge is 2.77. The number of methoxy groups -OCH3 is 1. The van der Waals surface area contributed by atoms with Gasteiger partial charge in [-0.15, -0.1) is 12.3 Å². The van der Waals surface area contributed by atoms with E-state index in [1.165, 1.54) is 6.92 Å². The Balaban J connectivity index is 1.84. The molecule has 2 aliphatic carbocycles. The fourth-order valence-electron chi connectivity index (χ4n) is 7.91. The molecule has 2 fully saturated rings. The van der Waals surface area contributed by atoms with Crippen LogP contribution in [-0.4, -0.2) is 54.0 Å². The van der Waals surface area contributed by atoms with Crippen LogP contribution in [0.25, 0.3) is 0 Å². The maximum Gasteiger partial charge on any atom is 0.308 e. The molecule has 1 saturated heterocycles. The zero-order chi connectivity index (χ0) is 24.6. The van der Waals surface area contributed by atoms with Gasteiger partial charge in [-0.25, -0.2) is 0 Å². The number of esters is 1. The number of piperidine rings is 1. The molecule has 0 unspecified atom stereocenters. The van der Waals surface area contributed by atoms with Crippen molar-refractivity contribution in [2.24, 2.45) is 11.3 Å². The number of carbonyl (C=O) groups excluding carboxylic acids is 3. The topological polar surface area (TPSA) is 82.1 Å². The minimum Gasteiger partial charge on any atom is -0.482 e. The molecule has 0 N–H and O–H groups in total. The maximum absolute atomic E-state index is 13.1. The van der Waals surface area contributed by atoms with E-state index >= 15 is 0 Å². The number of carbonyl (C=O) groups is 3. The lowest BCUT2D eigenvalue weighted by atomic mass is 9.40. The summed E-state index contributed by atoms with van der Waals surface area (Å²) < 4.78 is 18.5. The van der Waals surface area contributed by atoms with Crippen LogP contribution < -0.4 is 9.47 Å². The van der Waals surface area contributed by atoms with Gasteiger partial charge in [-0.1, -0.05) is 13.0 Å². The molecule has 1 aromatic carbocycles. The number of ketones is 1. The van der Waals surface area contributed by atoms with Crippen LogP contribution in [0, 0.1) is 23.7 Å². The molecule has 7 nitrogen and oxygen atoms in total. The number of likely N-dealkylation sites (tertiary alicyclic amines) is 1. The largest absolute Gasteiger partial charge is 0.482 e. The van der Waals surface area contributed by atoms with Crippen molar-refractivity contribution in [1.29, 1.82) is 0 Å². The van der Waals surface area contributed by atoms with Crippen molar-refractivity contribution in [2.75, 3.05) is 13.7 Å². The molecule has 0 radical (unpaired) electrons. The summed E-state index contributed by atoms with van der Waals surface area (Å²) in [5, 5.41) is 0. The van der Waals surface area contributed by atoms with Crippen LogP contribution in [0.1, 0.15) is 58.1 Å². The van der Waals surface area contributed by atoms with Crippen LogP contribution >= 0.6 is 0 Å². The molecule has 1 spiro atoms. The Morgan fingerprint density at radius 3 is 2.59 bits per heavy atom. The van der Waals surface area contributed by atoms with E-state index in [-0.39, 0.29) is 24.2 Å². The molecule has 4 aliphatic rings. The van der Waals surface area contributed by atoms with Crippen molar-refractivity contribution in [1.82, 2.24) is 4.90 Å². The van der Waals surface area contributed by atoms with Crippen LogP contribution in [0.3, 0.4) is 0 Å². The first-order valence-corrected chi connectivity index (χ1v) is 11.8. The smallest absolute Gasteiger partial charge is 0.308 e. The van der Waals surface area contributed by atoms with Crippen LogP contribution in [-0.2, 0) is 31.0 Å². The lowest BCUT2D eigenvalue weighted by Gasteiger charge is -2.68. The van der Waals surface area contributed by atoms with Crippen molar-refractivity contribution in [2.45, 2.75) is 76.5 Å². The minimum absolute atomic E-state index is 0.00816. The van der Waals surface area contributed by atoms with E-state index in [0.29, 0.717) is 37.3 Å². The molecule has 1 amide bonds. The first-order valence-electron chi connectivity index (χ1n) is 11.8. The van der Waals surface area contributed by atoms with Gasteiger partial charge in [-0.05, 0) is 37.8 Å². The molecular formula is C27H31NO6. The van der Waals surface area contributed by atoms with Gasteiger partial charge in [0.05, 0.1) is 5.92 Å². The fraction of sp³-hybridized carbons (Fsp3) is 0.593. The van der Waals surface area contributed by atoms with Gasteiger partial charge < -0.3 is 19.1 Å². The van der Waals surface area contributed by atoms with E-state index in [1.807, 2.05) is 11.0 Å². The third kappa shape index (κ3) is 2.55. The predicted octanol–water partition coefficient (Wildman–Crippen LogP) is 2.81. The zero-order valence-electron chi connectivity index (χ0n) is 20.4. The summed E-state index contributed by atoms with van der Waals surface area (Å²) >= 11 is 0. The second-order valence-electron chi connectivity index (χ2n) is 10.5. The molecule has 1 aromatic rings. The van der Waals surface area contributed by atoms with Crippen LogP contribution in [0.5, 0.6) is 11.5 Å². The molecule has 180 valence electrons. The Morgan fingerprint density at radius 2 is 2.00 bits per heavy atom. The Bertz CT molecular complexity index is 1150. The Hall–Kier alpha value is -2.85. The van der Waals surface area contributed by atoms with Crippen LogP contribution in [0.15, 0.2) is 12.1 Å². The quantitative estimate of drug-likeness (QED) is 0.386. The van der Waals surface area contributed by atoms with Crippen LogP contribution in [0.2, 0.25) is 0 Å². The summed E-state index contributed by atoms with van der Waals surface area (Å²) in [6.45, 7) is 7.31. The van der Waals surface area contributed by atoms with Gasteiger partial charge in [0.1, 0.15) is 17.5 Å². The number of terminal acetylenes is 1. The van der Waals surface area contributed by atoms with E-state index in [1.54, 1.807) is 27.0 Å². The highest BCUT2D eigenvalue weighted by molar-refractivity contribution is 5.82. The SMILES string of the molecule is C#CC[C@]1(OC)[C@H]2Oc3c(OC(C)=O)ccc4c3[C@]23CCN(C(C)=O)[C@H](C4)[C@]3(C)C[C@H]1C(C)=O. The summed E-state index contributed by atoms with van der Waals surface area (Å²) in [5.74, 6) is 2.75. The second kappa shape index (κ2) is 7.32. The highest BCUT2D eigenvalue weighted by atomic mass is 16.6. The average Bonchev–Trinajstić information content (AvgIpc) is 3.11. The average molecular weight is 466 g/mol. The van der Waals surface area contributed by atoms with E-state index < -0.39 is 34.4 Å². The lowest BCUT2D eigenvalue weighted by molar-refractivity contribution is -0.226. The molecule has 34 heavy (non-hydrogen) atoms. The molecule has 1 saturated carbocycles. The number of nitrogens with zero attached hydrogens (tertiary/aromatic N) is 1. The lowest BCUT2D eigenvalue weighted by Crippen LogP contribution is -2.77. The van der Waals surface area contributed by atoms with Gasteiger partial charge in [0.15, 0.2) is 11.5 Å². The Kier molecular flexibility index (Phi) is 4.94. The monoisotopic (exact) mass is 465 g/mol. The normalized spacial score (nSPS) is 36.7. The summed E-state index contributed by atoms with van der Waals surface area (Å²) in [5.41, 5.74) is 0.0697. The summed E-state index contributed by atoms with van der Waals surface area (Å²) in [7, 11) is 1.60. The number of amides is 1. The fourth-order valence-corrected chi connectivity index (χ4v) is 7.91. The van der Waals surface area contributed by atoms with Crippen molar-refractivity contribution in [3.05, 3.63) is 23.3 Å². The van der Waals surface area contributed by atoms with Crippen molar-refractivity contribution in [3.8, 4) is 23.8 Å². The number of hydrogen-bond acceptors (Lipinski definition) is 6. The van der Waals surface area contributed by atoms with Gasteiger partial charge in [0.2, 0.25) is 5.91 Å². The molecule has 7 heteroatoms. The summed E-state index contributed by atoms with van der Waals surface area (Å²) in [4.78, 5) is 39.7. The van der Waals surface area contributed by atoms with Gasteiger partial charge in [0.25, 0.3) is 0 Å². The molecule has 2 heterocycles. The molecule has 6 atom stereocenters. The first-order chi connectivity index (χ1) is 16.1. The molecule has 5 rings (SSSR count). The molecule has 2 aliphatic heterocycles.